The molecule has 0 fully saturated rings. The van der Waals surface area contributed by atoms with Crippen LogP contribution in [0.5, 0.6) is 5.75 Å². The summed E-state index contributed by atoms with van der Waals surface area (Å²) in [6, 6.07) is 12.1. The highest BCUT2D eigenvalue weighted by Crippen LogP contribution is 2.42. The van der Waals surface area contributed by atoms with Crippen molar-refractivity contribution in [1.82, 2.24) is 14.9 Å². The van der Waals surface area contributed by atoms with E-state index in [1.165, 1.54) is 33.9 Å². The van der Waals surface area contributed by atoms with Crippen molar-refractivity contribution in [2.45, 2.75) is 38.8 Å². The SMILES string of the molecule is Cc1ccc2c(c1)c1c3n2CCN(CC(=O)NN=Cc2cc(Br)ccc2O)[C@@H]3CCC1. The predicted molar refractivity (Wildman–Crippen MR) is 125 cm³/mol. The van der Waals surface area contributed by atoms with Crippen LogP contribution in [0.4, 0.5) is 0 Å². The fraction of sp³-hybridized carbons (Fsp3) is 0.333. The summed E-state index contributed by atoms with van der Waals surface area (Å²) in [7, 11) is 0. The van der Waals surface area contributed by atoms with Crippen molar-refractivity contribution in [2.75, 3.05) is 13.1 Å². The Kier molecular flexibility index (Phi) is 5.32. The third kappa shape index (κ3) is 3.77. The van der Waals surface area contributed by atoms with Crippen LogP contribution in [0.1, 0.15) is 41.3 Å². The van der Waals surface area contributed by atoms with Gasteiger partial charge in [-0.15, -0.1) is 0 Å². The third-order valence-corrected chi connectivity index (χ3v) is 6.86. The van der Waals surface area contributed by atoms with E-state index in [0.717, 1.165) is 36.8 Å². The van der Waals surface area contributed by atoms with Gasteiger partial charge in [-0.1, -0.05) is 27.6 Å². The Morgan fingerprint density at radius 2 is 2.16 bits per heavy atom. The molecule has 1 aliphatic carbocycles. The summed E-state index contributed by atoms with van der Waals surface area (Å²) in [5, 5.41) is 15.3. The Morgan fingerprint density at radius 1 is 1.29 bits per heavy atom. The summed E-state index contributed by atoms with van der Waals surface area (Å²) >= 11 is 3.37. The van der Waals surface area contributed by atoms with Crippen LogP contribution < -0.4 is 5.43 Å². The van der Waals surface area contributed by atoms with Crippen LogP contribution in [0.3, 0.4) is 0 Å². The average Bonchev–Trinajstić information content (AvgIpc) is 3.07. The number of carbonyl (C=O) groups excluding carboxylic acids is 1. The molecule has 0 saturated carbocycles. The first-order valence-electron chi connectivity index (χ1n) is 10.7. The summed E-state index contributed by atoms with van der Waals surface area (Å²) in [6.07, 6.45) is 4.79. The predicted octanol–water partition coefficient (Wildman–Crippen LogP) is 4.26. The monoisotopic (exact) mass is 480 g/mol. The fourth-order valence-corrected chi connectivity index (χ4v) is 5.38. The normalized spacial score (nSPS) is 18.5. The number of hydrogen-bond acceptors (Lipinski definition) is 4. The minimum atomic E-state index is -0.140. The first kappa shape index (κ1) is 20.3. The number of hydrogen-bond donors (Lipinski definition) is 2. The van der Waals surface area contributed by atoms with E-state index in [1.807, 2.05) is 0 Å². The van der Waals surface area contributed by atoms with Crippen LogP contribution in [-0.2, 0) is 17.8 Å². The minimum Gasteiger partial charge on any atom is -0.507 e. The lowest BCUT2D eigenvalue weighted by Crippen LogP contribution is -2.44. The van der Waals surface area contributed by atoms with Crippen LogP contribution in [-0.4, -0.2) is 39.8 Å². The first-order chi connectivity index (χ1) is 15.0. The molecule has 6 nitrogen and oxygen atoms in total. The molecule has 5 rings (SSSR count). The molecule has 3 aromatic rings. The molecule has 0 radical (unpaired) electrons. The molecule has 0 saturated heterocycles. The maximum absolute atomic E-state index is 12.6. The van der Waals surface area contributed by atoms with E-state index in [1.54, 1.807) is 18.2 Å². The highest BCUT2D eigenvalue weighted by molar-refractivity contribution is 9.10. The quantitative estimate of drug-likeness (QED) is 0.432. The number of nitrogens with zero attached hydrogens (tertiary/aromatic N) is 3. The van der Waals surface area contributed by atoms with E-state index in [2.05, 4.69) is 61.0 Å². The maximum atomic E-state index is 12.6. The Hall–Kier alpha value is -2.64. The van der Waals surface area contributed by atoms with Gasteiger partial charge in [-0.3, -0.25) is 9.69 Å². The highest BCUT2D eigenvalue weighted by Gasteiger charge is 2.35. The van der Waals surface area contributed by atoms with Gasteiger partial charge >= 0.3 is 0 Å². The number of hydrazone groups is 1. The molecule has 2 heterocycles. The number of fused-ring (bicyclic) bond motifs is 3. The van der Waals surface area contributed by atoms with E-state index in [4.69, 9.17) is 0 Å². The van der Waals surface area contributed by atoms with Gasteiger partial charge < -0.3 is 9.67 Å². The van der Waals surface area contributed by atoms with E-state index in [9.17, 15) is 9.90 Å². The van der Waals surface area contributed by atoms with E-state index in [0.29, 0.717) is 12.1 Å². The molecule has 2 aliphatic rings. The van der Waals surface area contributed by atoms with E-state index >= 15 is 0 Å². The summed E-state index contributed by atoms with van der Waals surface area (Å²) in [6.45, 7) is 4.20. The molecule has 0 spiro atoms. The van der Waals surface area contributed by atoms with Gasteiger partial charge in [0.1, 0.15) is 5.75 Å². The molecule has 160 valence electrons. The van der Waals surface area contributed by atoms with Gasteiger partial charge in [-0.2, -0.15) is 5.10 Å². The Bertz CT molecular complexity index is 1200. The minimum absolute atomic E-state index is 0.120. The van der Waals surface area contributed by atoms with Crippen LogP contribution in [0, 0.1) is 6.92 Å². The zero-order valence-corrected chi connectivity index (χ0v) is 19.0. The van der Waals surface area contributed by atoms with Crippen molar-refractivity contribution in [2.24, 2.45) is 5.10 Å². The summed E-state index contributed by atoms with van der Waals surface area (Å²) < 4.78 is 3.31. The fourth-order valence-electron chi connectivity index (χ4n) is 5.00. The zero-order chi connectivity index (χ0) is 21.5. The standard InChI is InChI=1S/C24H25BrN4O2/c1-15-5-7-20-19(11-15)18-3-2-4-21-24(18)29(20)10-9-28(21)14-23(31)27-26-13-16-12-17(25)6-8-22(16)30/h5-8,11-13,21,30H,2-4,9-10,14H2,1H3,(H,27,31)/t21-/m1/s1. The Morgan fingerprint density at radius 3 is 3.03 bits per heavy atom. The Labute approximate surface area is 189 Å². The van der Waals surface area contributed by atoms with Gasteiger partial charge in [0, 0.05) is 39.7 Å². The molecule has 1 atom stereocenters. The number of aromatic nitrogens is 1. The summed E-state index contributed by atoms with van der Waals surface area (Å²) in [5.41, 5.74) is 8.64. The van der Waals surface area contributed by atoms with Crippen LogP contribution in [0.2, 0.25) is 0 Å². The van der Waals surface area contributed by atoms with Gasteiger partial charge in [-0.05, 0) is 62.1 Å². The lowest BCUT2D eigenvalue weighted by molar-refractivity contribution is -0.123. The van der Waals surface area contributed by atoms with Gasteiger partial charge in [0.25, 0.3) is 5.91 Å². The van der Waals surface area contributed by atoms with Crippen molar-refractivity contribution in [3.63, 3.8) is 0 Å². The van der Waals surface area contributed by atoms with Crippen molar-refractivity contribution in [1.29, 1.82) is 0 Å². The van der Waals surface area contributed by atoms with Crippen molar-refractivity contribution in [3.05, 3.63) is 63.3 Å². The number of phenolic OH excluding ortho intramolecular Hbond substituents is 1. The number of aryl methyl sites for hydroxylation is 2. The molecule has 1 amide bonds. The Balaban J connectivity index is 1.32. The van der Waals surface area contributed by atoms with Crippen molar-refractivity contribution in [3.8, 4) is 5.75 Å². The van der Waals surface area contributed by atoms with E-state index in [-0.39, 0.29) is 17.7 Å². The number of nitrogens with one attached hydrogen (secondary N) is 1. The molecule has 7 heteroatoms. The first-order valence-corrected chi connectivity index (χ1v) is 11.5. The molecule has 1 aliphatic heterocycles. The average molecular weight is 481 g/mol. The molecular formula is C24H25BrN4O2. The number of rotatable bonds is 4. The van der Waals surface area contributed by atoms with Crippen molar-refractivity contribution >= 4 is 39.0 Å². The molecule has 0 bridgehead atoms. The molecule has 1 aromatic heterocycles. The highest BCUT2D eigenvalue weighted by atomic mass is 79.9. The lowest BCUT2D eigenvalue weighted by atomic mass is 9.89. The van der Waals surface area contributed by atoms with Crippen molar-refractivity contribution < 1.29 is 9.90 Å². The van der Waals surface area contributed by atoms with Gasteiger partial charge in [-0.25, -0.2) is 5.43 Å². The number of aromatic hydroxyl groups is 1. The van der Waals surface area contributed by atoms with E-state index < -0.39 is 0 Å². The summed E-state index contributed by atoms with van der Waals surface area (Å²) in [4.78, 5) is 14.9. The zero-order valence-electron chi connectivity index (χ0n) is 17.4. The van der Waals surface area contributed by atoms with Crippen LogP contribution >= 0.6 is 15.9 Å². The van der Waals surface area contributed by atoms with Crippen LogP contribution in [0.25, 0.3) is 10.9 Å². The molecule has 2 N–H and O–H groups in total. The molecule has 31 heavy (non-hydrogen) atoms. The van der Waals surface area contributed by atoms with Gasteiger partial charge in [0.05, 0.1) is 18.8 Å². The number of phenols is 1. The number of carbonyl (C=O) groups is 1. The molecule has 2 aromatic carbocycles. The third-order valence-electron chi connectivity index (χ3n) is 6.37. The van der Waals surface area contributed by atoms with Gasteiger partial charge in [0.2, 0.25) is 0 Å². The smallest absolute Gasteiger partial charge is 0.254 e. The molecule has 0 unspecified atom stereocenters. The number of halogens is 1. The second kappa shape index (κ2) is 8.13. The number of amides is 1. The lowest BCUT2D eigenvalue weighted by Gasteiger charge is -2.39. The second-order valence-electron chi connectivity index (χ2n) is 8.41. The summed E-state index contributed by atoms with van der Waals surface area (Å²) in [5.74, 6) is -0.0201. The topological polar surface area (TPSA) is 69.9 Å². The van der Waals surface area contributed by atoms with Crippen LogP contribution in [0.15, 0.2) is 46.0 Å². The largest absolute Gasteiger partial charge is 0.507 e. The van der Waals surface area contributed by atoms with Gasteiger partial charge in [0.15, 0.2) is 0 Å². The maximum Gasteiger partial charge on any atom is 0.254 e. The molecular weight excluding hydrogens is 456 g/mol. The second-order valence-corrected chi connectivity index (χ2v) is 9.33. The number of benzene rings is 2.